The molecule has 1 heterocycles. The van der Waals surface area contributed by atoms with Gasteiger partial charge in [-0.1, -0.05) is 32.0 Å². The summed E-state index contributed by atoms with van der Waals surface area (Å²) in [6.07, 6.45) is 5.99. The van der Waals surface area contributed by atoms with Crippen LogP contribution in [0.15, 0.2) is 18.2 Å². The molecule has 19 heavy (non-hydrogen) atoms. The molecule has 1 aromatic carbocycles. The second kappa shape index (κ2) is 6.33. The van der Waals surface area contributed by atoms with E-state index < -0.39 is 0 Å². The van der Waals surface area contributed by atoms with E-state index in [1.807, 2.05) is 6.07 Å². The van der Waals surface area contributed by atoms with Gasteiger partial charge in [0.05, 0.1) is 0 Å². The molecule has 1 atom stereocenters. The highest BCUT2D eigenvalue weighted by Crippen LogP contribution is 2.27. The predicted octanol–water partition coefficient (Wildman–Crippen LogP) is 3.62. The molecule has 0 aliphatic carbocycles. The highest BCUT2D eigenvalue weighted by molar-refractivity contribution is 7.80. The van der Waals surface area contributed by atoms with Crippen LogP contribution in [-0.4, -0.2) is 17.6 Å². The Kier molecular flexibility index (Phi) is 4.75. The third-order valence-electron chi connectivity index (χ3n) is 3.90. The van der Waals surface area contributed by atoms with Gasteiger partial charge in [0.15, 0.2) is 0 Å². The Morgan fingerprint density at radius 1 is 1.42 bits per heavy atom. The molecule has 1 fully saturated rings. The van der Waals surface area contributed by atoms with Gasteiger partial charge in [-0.2, -0.15) is 0 Å². The molecule has 2 N–H and O–H groups in total. The minimum Gasteiger partial charge on any atom is -0.389 e. The van der Waals surface area contributed by atoms with Crippen LogP contribution in [0.5, 0.6) is 0 Å². The van der Waals surface area contributed by atoms with Crippen molar-refractivity contribution in [2.24, 2.45) is 5.73 Å². The molecule has 0 amide bonds. The first-order valence-corrected chi connectivity index (χ1v) is 7.40. The Morgan fingerprint density at radius 3 is 2.84 bits per heavy atom. The monoisotopic (exact) mass is 280 g/mol. The molecule has 1 aliphatic rings. The summed E-state index contributed by atoms with van der Waals surface area (Å²) in [7, 11) is 0. The number of hydrogen-bond donors (Lipinski definition) is 1. The first kappa shape index (κ1) is 14.3. The Balaban J connectivity index is 2.28. The van der Waals surface area contributed by atoms with Crippen LogP contribution in [0.1, 0.15) is 44.6 Å². The average molecular weight is 280 g/mol. The van der Waals surface area contributed by atoms with Crippen molar-refractivity contribution in [2.45, 2.75) is 45.1 Å². The zero-order valence-corrected chi connectivity index (χ0v) is 12.2. The van der Waals surface area contributed by atoms with Crippen molar-refractivity contribution in [3.05, 3.63) is 29.6 Å². The minimum atomic E-state index is -0.316. The summed E-state index contributed by atoms with van der Waals surface area (Å²) in [5.41, 5.74) is 6.78. The highest BCUT2D eigenvalue weighted by Gasteiger charge is 2.20. The lowest BCUT2D eigenvalue weighted by atomic mass is 10.1. The van der Waals surface area contributed by atoms with Crippen LogP contribution in [0, 0.1) is 5.82 Å². The van der Waals surface area contributed by atoms with Gasteiger partial charge < -0.3 is 10.6 Å². The lowest BCUT2D eigenvalue weighted by molar-refractivity contribution is 0.554. The fourth-order valence-corrected chi connectivity index (χ4v) is 2.99. The molecule has 104 valence electrons. The van der Waals surface area contributed by atoms with Gasteiger partial charge in [0, 0.05) is 23.8 Å². The quantitative estimate of drug-likeness (QED) is 0.858. The number of rotatable bonds is 3. The molecular weight excluding hydrogens is 259 g/mol. The van der Waals surface area contributed by atoms with Crippen molar-refractivity contribution in [3.63, 3.8) is 0 Å². The van der Waals surface area contributed by atoms with Crippen LogP contribution in [-0.2, 0) is 0 Å². The van der Waals surface area contributed by atoms with E-state index in [2.05, 4.69) is 11.8 Å². The zero-order chi connectivity index (χ0) is 13.8. The van der Waals surface area contributed by atoms with E-state index in [9.17, 15) is 4.39 Å². The lowest BCUT2D eigenvalue weighted by Crippen LogP contribution is -2.34. The summed E-state index contributed by atoms with van der Waals surface area (Å²) in [6.45, 7) is 3.20. The van der Waals surface area contributed by atoms with Crippen molar-refractivity contribution < 1.29 is 4.39 Å². The molecule has 2 rings (SSSR count). The average Bonchev–Trinajstić information content (AvgIpc) is 2.63. The molecule has 0 aromatic heterocycles. The van der Waals surface area contributed by atoms with Crippen LogP contribution >= 0.6 is 12.2 Å². The van der Waals surface area contributed by atoms with Crippen LogP contribution < -0.4 is 10.6 Å². The Morgan fingerprint density at radius 2 is 2.21 bits per heavy atom. The number of benzene rings is 1. The highest BCUT2D eigenvalue weighted by atomic mass is 32.1. The smallest absolute Gasteiger partial charge is 0.135 e. The summed E-state index contributed by atoms with van der Waals surface area (Å²) in [5.74, 6) is -0.316. The van der Waals surface area contributed by atoms with Crippen LogP contribution in [0.4, 0.5) is 10.1 Å². The third-order valence-corrected chi connectivity index (χ3v) is 4.12. The lowest BCUT2D eigenvalue weighted by Gasteiger charge is -2.31. The maximum absolute atomic E-state index is 14.0. The molecule has 0 radical (unpaired) electrons. The molecule has 1 aliphatic heterocycles. The minimum absolute atomic E-state index is 0.118. The second-order valence-corrected chi connectivity index (χ2v) is 5.57. The molecule has 0 bridgehead atoms. The standard InChI is InChI=1S/C15H21FN2S/c1-2-11-6-4-3-5-9-18(11)12-7-8-13(15(17)19)14(16)10-12/h7-8,10-11H,2-6,9H2,1H3,(H2,17,19). The normalized spacial score (nSPS) is 20.1. The summed E-state index contributed by atoms with van der Waals surface area (Å²) < 4.78 is 14.0. The Hall–Kier alpha value is -1.16. The summed E-state index contributed by atoms with van der Waals surface area (Å²) in [5, 5.41) is 0. The summed E-state index contributed by atoms with van der Waals surface area (Å²) in [4.78, 5) is 2.45. The first-order chi connectivity index (χ1) is 9.13. The first-order valence-electron chi connectivity index (χ1n) is 6.99. The zero-order valence-electron chi connectivity index (χ0n) is 11.4. The molecule has 2 nitrogen and oxygen atoms in total. The summed E-state index contributed by atoms with van der Waals surface area (Å²) in [6, 6.07) is 5.72. The van der Waals surface area contributed by atoms with Gasteiger partial charge in [-0.3, -0.25) is 0 Å². The number of nitrogens with two attached hydrogens (primary N) is 1. The van der Waals surface area contributed by atoms with Crippen molar-refractivity contribution >= 4 is 22.9 Å². The van der Waals surface area contributed by atoms with Crippen LogP contribution in [0.2, 0.25) is 0 Å². The Labute approximate surface area is 119 Å². The van der Waals surface area contributed by atoms with Crippen molar-refractivity contribution in [2.75, 3.05) is 11.4 Å². The third kappa shape index (κ3) is 3.24. The maximum atomic E-state index is 14.0. The second-order valence-electron chi connectivity index (χ2n) is 5.13. The Bertz CT molecular complexity index is 461. The molecule has 0 saturated carbocycles. The SMILES string of the molecule is CCC1CCCCCN1c1ccc(C(N)=S)c(F)c1. The molecule has 4 heteroatoms. The van der Waals surface area contributed by atoms with Gasteiger partial charge in [0.1, 0.15) is 10.8 Å². The number of anilines is 1. The molecule has 0 spiro atoms. The van der Waals surface area contributed by atoms with Gasteiger partial charge in [-0.15, -0.1) is 0 Å². The number of thiocarbonyl (C=S) groups is 1. The topological polar surface area (TPSA) is 29.3 Å². The summed E-state index contributed by atoms with van der Waals surface area (Å²) >= 11 is 4.84. The molecule has 1 aromatic rings. The van der Waals surface area contributed by atoms with Crippen LogP contribution in [0.3, 0.4) is 0 Å². The van der Waals surface area contributed by atoms with Gasteiger partial charge >= 0.3 is 0 Å². The van der Waals surface area contributed by atoms with Crippen molar-refractivity contribution in [1.29, 1.82) is 0 Å². The molecular formula is C15H21FN2S. The fraction of sp³-hybridized carbons (Fsp3) is 0.533. The van der Waals surface area contributed by atoms with Crippen LogP contribution in [0.25, 0.3) is 0 Å². The van der Waals surface area contributed by atoms with E-state index in [1.54, 1.807) is 12.1 Å². The molecule has 1 unspecified atom stereocenters. The fourth-order valence-electron chi connectivity index (χ4n) is 2.82. The van der Waals surface area contributed by atoms with Gasteiger partial charge in [0.2, 0.25) is 0 Å². The van der Waals surface area contributed by atoms with E-state index in [0.717, 1.165) is 18.7 Å². The number of nitrogens with zero attached hydrogens (tertiary/aromatic N) is 1. The number of hydrogen-bond acceptors (Lipinski definition) is 2. The maximum Gasteiger partial charge on any atom is 0.135 e. The van der Waals surface area contributed by atoms with Gasteiger partial charge in [-0.05, 0) is 37.5 Å². The van der Waals surface area contributed by atoms with Gasteiger partial charge in [0.25, 0.3) is 0 Å². The van der Waals surface area contributed by atoms with E-state index in [1.165, 1.54) is 25.7 Å². The van der Waals surface area contributed by atoms with E-state index in [-0.39, 0.29) is 10.8 Å². The largest absolute Gasteiger partial charge is 0.389 e. The van der Waals surface area contributed by atoms with E-state index in [0.29, 0.717) is 11.6 Å². The number of halogens is 1. The van der Waals surface area contributed by atoms with Crippen molar-refractivity contribution in [3.8, 4) is 0 Å². The van der Waals surface area contributed by atoms with Gasteiger partial charge in [-0.25, -0.2) is 4.39 Å². The van der Waals surface area contributed by atoms with Crippen molar-refractivity contribution in [1.82, 2.24) is 0 Å². The predicted molar refractivity (Wildman–Crippen MR) is 82.2 cm³/mol. The molecule has 1 saturated heterocycles. The van der Waals surface area contributed by atoms with E-state index in [4.69, 9.17) is 18.0 Å². The van der Waals surface area contributed by atoms with E-state index >= 15 is 0 Å².